The number of ether oxygens (including phenoxy) is 1. The third-order valence-corrected chi connectivity index (χ3v) is 2.66. The summed E-state index contributed by atoms with van der Waals surface area (Å²) in [7, 11) is 0. The second kappa shape index (κ2) is 9.78. The number of carbonyl (C=O) groups is 1. The molecule has 0 unspecified atom stereocenters. The standard InChI is InChI=1S/C14H21ClN2O2/c1-2-9-19-10-3-8-16-11-14(18)17-13-6-4-12(15)5-7-13/h4-7,16H,2-3,8-11H2,1H3,(H,17,18). The molecule has 1 amide bonds. The van der Waals surface area contributed by atoms with Crippen molar-refractivity contribution in [2.75, 3.05) is 31.6 Å². The van der Waals surface area contributed by atoms with Crippen molar-refractivity contribution in [3.8, 4) is 0 Å². The van der Waals surface area contributed by atoms with E-state index in [0.717, 1.165) is 38.3 Å². The average molecular weight is 285 g/mol. The van der Waals surface area contributed by atoms with Crippen LogP contribution >= 0.6 is 11.6 Å². The van der Waals surface area contributed by atoms with E-state index in [1.165, 1.54) is 0 Å². The van der Waals surface area contributed by atoms with Crippen LogP contribution < -0.4 is 10.6 Å². The fraction of sp³-hybridized carbons (Fsp3) is 0.500. The topological polar surface area (TPSA) is 50.4 Å². The lowest BCUT2D eigenvalue weighted by Gasteiger charge is -2.07. The van der Waals surface area contributed by atoms with Crippen LogP contribution in [0.2, 0.25) is 5.02 Å². The summed E-state index contributed by atoms with van der Waals surface area (Å²) in [6, 6.07) is 7.04. The monoisotopic (exact) mass is 284 g/mol. The Bertz CT molecular complexity index is 368. The molecule has 0 heterocycles. The highest BCUT2D eigenvalue weighted by molar-refractivity contribution is 6.30. The summed E-state index contributed by atoms with van der Waals surface area (Å²) in [6.07, 6.45) is 1.95. The highest BCUT2D eigenvalue weighted by atomic mass is 35.5. The highest BCUT2D eigenvalue weighted by Gasteiger charge is 2.01. The number of halogens is 1. The van der Waals surface area contributed by atoms with E-state index in [1.807, 2.05) is 0 Å². The van der Waals surface area contributed by atoms with Crippen molar-refractivity contribution in [2.45, 2.75) is 19.8 Å². The first kappa shape index (κ1) is 16.0. The largest absolute Gasteiger partial charge is 0.381 e. The number of nitrogens with one attached hydrogen (secondary N) is 2. The van der Waals surface area contributed by atoms with Gasteiger partial charge in [0.05, 0.1) is 6.54 Å². The van der Waals surface area contributed by atoms with Crippen molar-refractivity contribution in [3.05, 3.63) is 29.3 Å². The van der Waals surface area contributed by atoms with Crippen LogP contribution in [-0.2, 0) is 9.53 Å². The van der Waals surface area contributed by atoms with Gasteiger partial charge in [0.25, 0.3) is 0 Å². The van der Waals surface area contributed by atoms with Crippen LogP contribution in [0.25, 0.3) is 0 Å². The van der Waals surface area contributed by atoms with E-state index in [1.54, 1.807) is 24.3 Å². The summed E-state index contributed by atoms with van der Waals surface area (Å²) in [5, 5.41) is 6.52. The maximum Gasteiger partial charge on any atom is 0.238 e. The van der Waals surface area contributed by atoms with Crippen molar-refractivity contribution in [3.63, 3.8) is 0 Å². The van der Waals surface area contributed by atoms with Crippen LogP contribution in [0.15, 0.2) is 24.3 Å². The summed E-state index contributed by atoms with van der Waals surface area (Å²) in [4.78, 5) is 11.6. The van der Waals surface area contributed by atoms with E-state index >= 15 is 0 Å². The van der Waals surface area contributed by atoms with Gasteiger partial charge in [-0.05, 0) is 43.7 Å². The van der Waals surface area contributed by atoms with E-state index in [2.05, 4.69) is 17.6 Å². The van der Waals surface area contributed by atoms with Gasteiger partial charge in [0.15, 0.2) is 0 Å². The fourth-order valence-corrected chi connectivity index (χ4v) is 1.61. The number of rotatable bonds is 9. The van der Waals surface area contributed by atoms with Gasteiger partial charge in [0, 0.05) is 23.9 Å². The molecule has 0 bridgehead atoms. The Morgan fingerprint density at radius 2 is 2.00 bits per heavy atom. The Balaban J connectivity index is 2.06. The van der Waals surface area contributed by atoms with Crippen molar-refractivity contribution < 1.29 is 9.53 Å². The molecule has 0 saturated carbocycles. The maximum absolute atomic E-state index is 11.6. The summed E-state index contributed by atoms with van der Waals surface area (Å²) < 4.78 is 5.34. The van der Waals surface area contributed by atoms with Crippen molar-refractivity contribution in [1.82, 2.24) is 5.32 Å². The van der Waals surface area contributed by atoms with Gasteiger partial charge in [-0.15, -0.1) is 0 Å². The first-order chi connectivity index (χ1) is 9.22. The molecule has 0 aliphatic rings. The van der Waals surface area contributed by atoms with Gasteiger partial charge in [0.1, 0.15) is 0 Å². The van der Waals surface area contributed by atoms with Gasteiger partial charge >= 0.3 is 0 Å². The molecule has 0 fully saturated rings. The first-order valence-electron chi connectivity index (χ1n) is 6.56. The summed E-state index contributed by atoms with van der Waals surface area (Å²) in [5.41, 5.74) is 0.752. The summed E-state index contributed by atoms with van der Waals surface area (Å²) in [6.45, 7) is 4.70. The third-order valence-electron chi connectivity index (χ3n) is 2.40. The SMILES string of the molecule is CCCOCCCNCC(=O)Nc1ccc(Cl)cc1. The molecule has 19 heavy (non-hydrogen) atoms. The number of anilines is 1. The van der Waals surface area contributed by atoms with Crippen LogP contribution in [-0.4, -0.2) is 32.2 Å². The lowest BCUT2D eigenvalue weighted by molar-refractivity contribution is -0.115. The van der Waals surface area contributed by atoms with E-state index < -0.39 is 0 Å². The van der Waals surface area contributed by atoms with Gasteiger partial charge in [-0.1, -0.05) is 18.5 Å². The zero-order valence-corrected chi connectivity index (χ0v) is 12.0. The van der Waals surface area contributed by atoms with Crippen molar-refractivity contribution >= 4 is 23.2 Å². The molecule has 0 aliphatic heterocycles. The number of benzene rings is 1. The molecule has 1 rings (SSSR count). The van der Waals surface area contributed by atoms with Crippen LogP contribution in [0.3, 0.4) is 0 Å². The van der Waals surface area contributed by atoms with Gasteiger partial charge in [-0.3, -0.25) is 4.79 Å². The second-order valence-corrected chi connectivity index (χ2v) is 4.63. The van der Waals surface area contributed by atoms with Gasteiger partial charge in [-0.25, -0.2) is 0 Å². The first-order valence-corrected chi connectivity index (χ1v) is 6.94. The molecule has 1 aromatic rings. The molecular formula is C14H21ClN2O2. The Morgan fingerprint density at radius 1 is 1.26 bits per heavy atom. The lowest BCUT2D eigenvalue weighted by Crippen LogP contribution is -2.29. The predicted octanol–water partition coefficient (Wildman–Crippen LogP) is 2.68. The number of amides is 1. The van der Waals surface area contributed by atoms with Gasteiger partial charge in [0.2, 0.25) is 5.91 Å². The molecule has 5 heteroatoms. The minimum absolute atomic E-state index is 0.0585. The van der Waals surface area contributed by atoms with Crippen LogP contribution in [0, 0.1) is 0 Å². The average Bonchev–Trinajstić information content (AvgIpc) is 2.40. The highest BCUT2D eigenvalue weighted by Crippen LogP contribution is 2.12. The number of carbonyl (C=O) groups excluding carboxylic acids is 1. The van der Waals surface area contributed by atoms with E-state index in [9.17, 15) is 4.79 Å². The number of hydrogen-bond donors (Lipinski definition) is 2. The minimum atomic E-state index is -0.0585. The van der Waals surface area contributed by atoms with Crippen molar-refractivity contribution in [2.24, 2.45) is 0 Å². The quantitative estimate of drug-likeness (QED) is 0.686. The molecule has 0 aromatic heterocycles. The van der Waals surface area contributed by atoms with Gasteiger partial charge in [-0.2, -0.15) is 0 Å². The zero-order valence-electron chi connectivity index (χ0n) is 11.2. The zero-order chi connectivity index (χ0) is 13.9. The Hall–Kier alpha value is -1.10. The van der Waals surface area contributed by atoms with E-state index in [4.69, 9.17) is 16.3 Å². The molecule has 4 nitrogen and oxygen atoms in total. The normalized spacial score (nSPS) is 10.4. The predicted molar refractivity (Wildman–Crippen MR) is 78.7 cm³/mol. The van der Waals surface area contributed by atoms with Crippen LogP contribution in [0.1, 0.15) is 19.8 Å². The summed E-state index contributed by atoms with van der Waals surface area (Å²) in [5.74, 6) is -0.0585. The second-order valence-electron chi connectivity index (χ2n) is 4.20. The van der Waals surface area contributed by atoms with Crippen LogP contribution in [0.5, 0.6) is 0 Å². The third kappa shape index (κ3) is 7.82. The maximum atomic E-state index is 11.6. The molecule has 0 spiro atoms. The summed E-state index contributed by atoms with van der Waals surface area (Å²) >= 11 is 5.77. The van der Waals surface area contributed by atoms with Crippen LogP contribution in [0.4, 0.5) is 5.69 Å². The Kier molecular flexibility index (Phi) is 8.21. The molecule has 106 valence electrons. The molecule has 1 aromatic carbocycles. The Labute approximate surface area is 119 Å². The number of hydrogen-bond acceptors (Lipinski definition) is 3. The fourth-order valence-electron chi connectivity index (χ4n) is 1.49. The lowest BCUT2D eigenvalue weighted by atomic mass is 10.3. The molecular weight excluding hydrogens is 264 g/mol. The van der Waals surface area contributed by atoms with Gasteiger partial charge < -0.3 is 15.4 Å². The Morgan fingerprint density at radius 3 is 2.68 bits per heavy atom. The molecule has 0 aliphatic carbocycles. The minimum Gasteiger partial charge on any atom is -0.381 e. The van der Waals surface area contributed by atoms with E-state index in [-0.39, 0.29) is 5.91 Å². The molecule has 2 N–H and O–H groups in total. The smallest absolute Gasteiger partial charge is 0.238 e. The van der Waals surface area contributed by atoms with Crippen molar-refractivity contribution in [1.29, 1.82) is 0 Å². The molecule has 0 saturated heterocycles. The molecule has 0 atom stereocenters. The van der Waals surface area contributed by atoms with E-state index in [0.29, 0.717) is 11.6 Å². The molecule has 0 radical (unpaired) electrons.